The normalized spacial score (nSPS) is 22.6. The number of nitrogens with one attached hydrogen (secondary N) is 2. The van der Waals surface area contributed by atoms with Crippen LogP contribution in [0, 0.1) is 0 Å². The molecule has 2 rings (SSSR count). The minimum Gasteiger partial charge on any atom is -0.355 e. The van der Waals surface area contributed by atoms with Crippen LogP contribution in [0.1, 0.15) is 18.0 Å². The van der Waals surface area contributed by atoms with Gasteiger partial charge in [-0.15, -0.1) is 0 Å². The zero-order valence-corrected chi connectivity index (χ0v) is 7.99. The molecule has 0 aliphatic carbocycles. The van der Waals surface area contributed by atoms with E-state index in [-0.39, 0.29) is 11.9 Å². The van der Waals surface area contributed by atoms with Crippen LogP contribution in [-0.2, 0) is 4.79 Å². The molecule has 2 N–H and O–H groups in total. The Kier molecular flexibility index (Phi) is 2.79. The fourth-order valence-corrected chi connectivity index (χ4v) is 1.70. The van der Waals surface area contributed by atoms with Gasteiger partial charge in [0.25, 0.3) is 0 Å². The molecule has 1 atom stereocenters. The van der Waals surface area contributed by atoms with Crippen LogP contribution >= 0.6 is 0 Å². The zero-order valence-electron chi connectivity index (χ0n) is 7.99. The Labute approximate surface area is 83.5 Å². The summed E-state index contributed by atoms with van der Waals surface area (Å²) in [5.74, 6) is 0.129. The van der Waals surface area contributed by atoms with E-state index in [1.807, 2.05) is 18.2 Å². The van der Waals surface area contributed by atoms with Crippen LogP contribution in [0.25, 0.3) is 0 Å². The quantitative estimate of drug-likeness (QED) is 0.689. The summed E-state index contributed by atoms with van der Waals surface area (Å²) in [5.41, 5.74) is 1.18. The van der Waals surface area contributed by atoms with E-state index < -0.39 is 0 Å². The SMILES string of the molecule is O=C1C[C@@H](c2ccccc2)NCCN1. The molecule has 1 saturated heterocycles. The number of carbonyl (C=O) groups excluding carboxylic acids is 1. The number of carbonyl (C=O) groups is 1. The molecule has 3 nitrogen and oxygen atoms in total. The average molecular weight is 190 g/mol. The Bertz CT molecular complexity index is 310. The second-order valence-corrected chi connectivity index (χ2v) is 3.47. The summed E-state index contributed by atoms with van der Waals surface area (Å²) in [6.45, 7) is 1.56. The predicted octanol–water partition coefficient (Wildman–Crippen LogP) is 0.837. The van der Waals surface area contributed by atoms with Gasteiger partial charge in [0.1, 0.15) is 0 Å². The van der Waals surface area contributed by atoms with Crippen LogP contribution in [0.3, 0.4) is 0 Å². The highest BCUT2D eigenvalue weighted by molar-refractivity contribution is 5.77. The van der Waals surface area contributed by atoms with Crippen LogP contribution in [0.15, 0.2) is 30.3 Å². The monoisotopic (exact) mass is 190 g/mol. The summed E-state index contributed by atoms with van der Waals surface area (Å²) < 4.78 is 0. The van der Waals surface area contributed by atoms with Crippen molar-refractivity contribution in [3.8, 4) is 0 Å². The highest BCUT2D eigenvalue weighted by atomic mass is 16.1. The van der Waals surface area contributed by atoms with Gasteiger partial charge >= 0.3 is 0 Å². The van der Waals surface area contributed by atoms with Crippen LogP contribution in [-0.4, -0.2) is 19.0 Å². The topological polar surface area (TPSA) is 41.1 Å². The number of hydrogen-bond donors (Lipinski definition) is 2. The smallest absolute Gasteiger partial charge is 0.221 e. The Hall–Kier alpha value is -1.35. The fourth-order valence-electron chi connectivity index (χ4n) is 1.70. The lowest BCUT2D eigenvalue weighted by Gasteiger charge is -2.14. The second-order valence-electron chi connectivity index (χ2n) is 3.47. The van der Waals surface area contributed by atoms with Gasteiger partial charge < -0.3 is 10.6 Å². The van der Waals surface area contributed by atoms with E-state index in [0.717, 1.165) is 13.1 Å². The molecule has 1 aromatic rings. The van der Waals surface area contributed by atoms with E-state index in [4.69, 9.17) is 0 Å². The first-order valence-corrected chi connectivity index (χ1v) is 4.91. The number of benzene rings is 1. The van der Waals surface area contributed by atoms with Crippen LogP contribution in [0.5, 0.6) is 0 Å². The van der Waals surface area contributed by atoms with Crippen LogP contribution in [0.2, 0.25) is 0 Å². The third kappa shape index (κ3) is 2.12. The third-order valence-electron chi connectivity index (χ3n) is 2.43. The first kappa shape index (κ1) is 9.21. The molecule has 1 aliphatic heterocycles. The molecule has 0 saturated carbocycles. The van der Waals surface area contributed by atoms with Gasteiger partial charge in [-0.2, -0.15) is 0 Å². The molecule has 1 heterocycles. The minimum absolute atomic E-state index is 0.129. The molecule has 1 aliphatic rings. The maximum absolute atomic E-state index is 11.3. The van der Waals surface area contributed by atoms with Crippen LogP contribution in [0.4, 0.5) is 0 Å². The molecule has 0 radical (unpaired) electrons. The van der Waals surface area contributed by atoms with E-state index in [2.05, 4.69) is 22.8 Å². The third-order valence-corrected chi connectivity index (χ3v) is 2.43. The van der Waals surface area contributed by atoms with Crippen molar-refractivity contribution in [2.45, 2.75) is 12.5 Å². The lowest BCUT2D eigenvalue weighted by molar-refractivity contribution is -0.121. The Balaban J connectivity index is 2.13. The highest BCUT2D eigenvalue weighted by Gasteiger charge is 2.17. The number of amides is 1. The molecule has 1 aromatic carbocycles. The van der Waals surface area contributed by atoms with Crippen molar-refractivity contribution in [3.05, 3.63) is 35.9 Å². The molecule has 14 heavy (non-hydrogen) atoms. The lowest BCUT2D eigenvalue weighted by Crippen LogP contribution is -2.24. The summed E-state index contributed by atoms with van der Waals surface area (Å²) in [4.78, 5) is 11.3. The largest absolute Gasteiger partial charge is 0.355 e. The zero-order chi connectivity index (χ0) is 9.80. The van der Waals surface area contributed by atoms with Gasteiger partial charge in [-0.1, -0.05) is 30.3 Å². The van der Waals surface area contributed by atoms with Gasteiger partial charge in [0, 0.05) is 25.6 Å². The Morgan fingerprint density at radius 3 is 2.71 bits per heavy atom. The molecule has 1 amide bonds. The van der Waals surface area contributed by atoms with Crippen molar-refractivity contribution in [1.29, 1.82) is 0 Å². The Morgan fingerprint density at radius 2 is 1.93 bits per heavy atom. The van der Waals surface area contributed by atoms with Crippen molar-refractivity contribution >= 4 is 5.91 Å². The van der Waals surface area contributed by atoms with Crippen molar-refractivity contribution in [2.75, 3.05) is 13.1 Å². The predicted molar refractivity (Wildman–Crippen MR) is 54.8 cm³/mol. The summed E-state index contributed by atoms with van der Waals surface area (Å²) in [6, 6.07) is 10.3. The molecule has 0 spiro atoms. The van der Waals surface area contributed by atoms with E-state index in [0.29, 0.717) is 6.42 Å². The number of rotatable bonds is 1. The molecule has 1 fully saturated rings. The fraction of sp³-hybridized carbons (Fsp3) is 0.364. The molecule has 0 unspecified atom stereocenters. The van der Waals surface area contributed by atoms with Crippen LogP contribution < -0.4 is 10.6 Å². The summed E-state index contributed by atoms with van der Waals surface area (Å²) >= 11 is 0. The van der Waals surface area contributed by atoms with Crippen molar-refractivity contribution in [2.24, 2.45) is 0 Å². The molecule has 0 aromatic heterocycles. The van der Waals surface area contributed by atoms with Gasteiger partial charge in [0.05, 0.1) is 0 Å². The van der Waals surface area contributed by atoms with E-state index >= 15 is 0 Å². The van der Waals surface area contributed by atoms with Gasteiger partial charge in [-0.05, 0) is 5.56 Å². The van der Waals surface area contributed by atoms with E-state index in [1.54, 1.807) is 0 Å². The molecular weight excluding hydrogens is 176 g/mol. The van der Waals surface area contributed by atoms with Gasteiger partial charge in [-0.3, -0.25) is 4.79 Å². The second kappa shape index (κ2) is 4.24. The van der Waals surface area contributed by atoms with Crippen molar-refractivity contribution < 1.29 is 4.79 Å². The van der Waals surface area contributed by atoms with E-state index in [9.17, 15) is 4.79 Å². The first-order valence-electron chi connectivity index (χ1n) is 4.91. The first-order chi connectivity index (χ1) is 6.86. The standard InChI is InChI=1S/C11H14N2O/c14-11-8-10(12-6-7-13-11)9-4-2-1-3-5-9/h1-5,10,12H,6-8H2,(H,13,14)/t10-/m0/s1. The maximum Gasteiger partial charge on any atom is 0.221 e. The Morgan fingerprint density at radius 1 is 1.14 bits per heavy atom. The molecule has 74 valence electrons. The van der Waals surface area contributed by atoms with Crippen molar-refractivity contribution in [1.82, 2.24) is 10.6 Å². The summed E-state index contributed by atoms with van der Waals surface area (Å²) in [5, 5.41) is 6.19. The maximum atomic E-state index is 11.3. The lowest BCUT2D eigenvalue weighted by atomic mass is 10.0. The molecular formula is C11H14N2O. The van der Waals surface area contributed by atoms with Crippen molar-refractivity contribution in [3.63, 3.8) is 0 Å². The van der Waals surface area contributed by atoms with Gasteiger partial charge in [0.2, 0.25) is 5.91 Å². The highest BCUT2D eigenvalue weighted by Crippen LogP contribution is 2.16. The van der Waals surface area contributed by atoms with Gasteiger partial charge in [0.15, 0.2) is 0 Å². The molecule has 0 bridgehead atoms. The summed E-state index contributed by atoms with van der Waals surface area (Å²) in [6.07, 6.45) is 0.532. The number of hydrogen-bond acceptors (Lipinski definition) is 2. The van der Waals surface area contributed by atoms with E-state index in [1.165, 1.54) is 5.56 Å². The average Bonchev–Trinajstić information content (AvgIpc) is 2.44. The molecule has 3 heteroatoms. The van der Waals surface area contributed by atoms with Gasteiger partial charge in [-0.25, -0.2) is 0 Å². The summed E-state index contributed by atoms with van der Waals surface area (Å²) in [7, 11) is 0. The minimum atomic E-state index is 0.129.